The highest BCUT2D eigenvalue weighted by molar-refractivity contribution is 6.18. The Balaban J connectivity index is 0.00000180. The highest BCUT2D eigenvalue weighted by atomic mass is 35.5. The summed E-state index contributed by atoms with van der Waals surface area (Å²) < 4.78 is 0. The number of hydrogen-bond donors (Lipinski definition) is 0. The van der Waals surface area contributed by atoms with Crippen LogP contribution in [0.2, 0.25) is 0 Å². The zero-order valence-corrected chi connectivity index (χ0v) is 15.3. The molecule has 2 nitrogen and oxygen atoms in total. The molecule has 0 aromatic carbocycles. The van der Waals surface area contributed by atoms with Crippen LogP contribution < -0.4 is 0 Å². The van der Waals surface area contributed by atoms with Crippen molar-refractivity contribution >= 4 is 48.0 Å². The standard InChI is InChI=1S/C14H26Cl2N2.2ClH/c15-5-11-17-7-1-13(2-8-17)14-3-9-18(10-4-14)12-6-16;;/h13-14H,1-12H2;2*1H. The lowest BCUT2D eigenvalue weighted by molar-refractivity contribution is 0.101. The molecule has 0 N–H and O–H groups in total. The molecule has 0 radical (unpaired) electrons. The van der Waals surface area contributed by atoms with Crippen LogP contribution in [0.3, 0.4) is 0 Å². The van der Waals surface area contributed by atoms with Gasteiger partial charge in [-0.2, -0.15) is 0 Å². The van der Waals surface area contributed by atoms with Crippen molar-refractivity contribution in [2.75, 3.05) is 51.0 Å². The summed E-state index contributed by atoms with van der Waals surface area (Å²) >= 11 is 11.6. The largest absolute Gasteiger partial charge is 0.302 e. The summed E-state index contributed by atoms with van der Waals surface area (Å²) in [4.78, 5) is 5.04. The molecular formula is C14H28Cl4N2. The average Bonchev–Trinajstić information content (AvgIpc) is 2.41. The third-order valence-corrected chi connectivity index (χ3v) is 5.07. The predicted octanol–water partition coefficient (Wildman–Crippen LogP) is 3.73. The minimum atomic E-state index is 0. The number of piperidine rings is 2. The Morgan fingerprint density at radius 1 is 0.650 bits per heavy atom. The molecule has 0 atom stereocenters. The molecule has 2 heterocycles. The molecule has 0 aliphatic carbocycles. The Labute approximate surface area is 146 Å². The van der Waals surface area contributed by atoms with E-state index in [1.165, 1.54) is 51.9 Å². The molecule has 2 aliphatic rings. The number of likely N-dealkylation sites (tertiary alicyclic amines) is 2. The van der Waals surface area contributed by atoms with E-state index < -0.39 is 0 Å². The highest BCUT2D eigenvalue weighted by Crippen LogP contribution is 2.32. The van der Waals surface area contributed by atoms with Gasteiger partial charge in [0.05, 0.1) is 0 Å². The highest BCUT2D eigenvalue weighted by Gasteiger charge is 2.29. The van der Waals surface area contributed by atoms with E-state index in [1.54, 1.807) is 0 Å². The Hall–Kier alpha value is 1.08. The van der Waals surface area contributed by atoms with Gasteiger partial charge in [0.15, 0.2) is 0 Å². The number of halogens is 4. The number of rotatable bonds is 5. The average molecular weight is 366 g/mol. The topological polar surface area (TPSA) is 6.48 Å². The summed E-state index contributed by atoms with van der Waals surface area (Å²) in [5.41, 5.74) is 0. The Kier molecular flexibility index (Phi) is 12.2. The van der Waals surface area contributed by atoms with E-state index in [1.807, 2.05) is 0 Å². The first kappa shape index (κ1) is 21.1. The van der Waals surface area contributed by atoms with Gasteiger partial charge < -0.3 is 9.80 Å². The van der Waals surface area contributed by atoms with Gasteiger partial charge in [0.25, 0.3) is 0 Å². The molecule has 0 amide bonds. The summed E-state index contributed by atoms with van der Waals surface area (Å²) in [7, 11) is 0. The lowest BCUT2D eigenvalue weighted by atomic mass is 9.79. The van der Waals surface area contributed by atoms with Gasteiger partial charge in [-0.1, -0.05) is 0 Å². The van der Waals surface area contributed by atoms with E-state index >= 15 is 0 Å². The third kappa shape index (κ3) is 6.46. The minimum absolute atomic E-state index is 0. The summed E-state index contributed by atoms with van der Waals surface area (Å²) in [5, 5.41) is 0. The van der Waals surface area contributed by atoms with Crippen LogP contribution in [0.15, 0.2) is 0 Å². The molecule has 2 saturated heterocycles. The molecule has 0 aromatic rings. The van der Waals surface area contributed by atoms with Gasteiger partial charge in [-0.05, 0) is 63.7 Å². The first-order valence-corrected chi connectivity index (χ1v) is 8.47. The Morgan fingerprint density at radius 3 is 1.20 bits per heavy atom. The monoisotopic (exact) mass is 364 g/mol. The fourth-order valence-corrected chi connectivity index (χ4v) is 4.01. The molecule has 2 fully saturated rings. The summed E-state index contributed by atoms with van der Waals surface area (Å²) in [6, 6.07) is 0. The van der Waals surface area contributed by atoms with Crippen molar-refractivity contribution in [1.82, 2.24) is 9.80 Å². The molecule has 0 saturated carbocycles. The molecule has 20 heavy (non-hydrogen) atoms. The summed E-state index contributed by atoms with van der Waals surface area (Å²) in [6.07, 6.45) is 5.54. The SMILES string of the molecule is Cl.Cl.ClCCN1CCC(C2CCN(CCCl)CC2)CC1. The summed E-state index contributed by atoms with van der Waals surface area (Å²) in [6.45, 7) is 7.20. The first-order valence-electron chi connectivity index (χ1n) is 7.40. The summed E-state index contributed by atoms with van der Waals surface area (Å²) in [5.74, 6) is 3.49. The van der Waals surface area contributed by atoms with Gasteiger partial charge in [0.1, 0.15) is 0 Å². The van der Waals surface area contributed by atoms with Gasteiger partial charge in [0, 0.05) is 24.8 Å². The molecule has 2 aliphatic heterocycles. The van der Waals surface area contributed by atoms with Gasteiger partial charge in [0.2, 0.25) is 0 Å². The second kappa shape index (κ2) is 11.6. The fraction of sp³-hybridized carbons (Fsp3) is 1.00. The van der Waals surface area contributed by atoms with E-state index in [0.29, 0.717) is 0 Å². The van der Waals surface area contributed by atoms with Crippen LogP contribution in [-0.4, -0.2) is 60.8 Å². The predicted molar refractivity (Wildman–Crippen MR) is 94.3 cm³/mol. The van der Waals surface area contributed by atoms with Crippen molar-refractivity contribution in [2.45, 2.75) is 25.7 Å². The van der Waals surface area contributed by atoms with E-state index in [0.717, 1.165) is 36.7 Å². The Morgan fingerprint density at radius 2 is 0.950 bits per heavy atom. The van der Waals surface area contributed by atoms with Crippen molar-refractivity contribution in [2.24, 2.45) is 11.8 Å². The lowest BCUT2D eigenvalue weighted by Gasteiger charge is -2.40. The van der Waals surface area contributed by atoms with Gasteiger partial charge in [-0.15, -0.1) is 48.0 Å². The number of hydrogen-bond acceptors (Lipinski definition) is 2. The van der Waals surface area contributed by atoms with Crippen LogP contribution >= 0.6 is 48.0 Å². The maximum Gasteiger partial charge on any atom is 0.0351 e. The van der Waals surface area contributed by atoms with Crippen molar-refractivity contribution < 1.29 is 0 Å². The van der Waals surface area contributed by atoms with Gasteiger partial charge >= 0.3 is 0 Å². The number of nitrogens with zero attached hydrogens (tertiary/aromatic N) is 2. The molecule has 0 unspecified atom stereocenters. The van der Waals surface area contributed by atoms with Crippen molar-refractivity contribution in [1.29, 1.82) is 0 Å². The molecule has 122 valence electrons. The van der Waals surface area contributed by atoms with Gasteiger partial charge in [-0.3, -0.25) is 0 Å². The first-order chi connectivity index (χ1) is 8.83. The molecule has 0 spiro atoms. The zero-order valence-electron chi connectivity index (χ0n) is 12.1. The van der Waals surface area contributed by atoms with E-state index in [9.17, 15) is 0 Å². The molecule has 6 heteroatoms. The third-order valence-electron chi connectivity index (χ3n) is 4.73. The minimum Gasteiger partial charge on any atom is -0.302 e. The van der Waals surface area contributed by atoms with Gasteiger partial charge in [-0.25, -0.2) is 0 Å². The van der Waals surface area contributed by atoms with Crippen molar-refractivity contribution in [3.63, 3.8) is 0 Å². The van der Waals surface area contributed by atoms with Crippen LogP contribution in [0.5, 0.6) is 0 Å². The van der Waals surface area contributed by atoms with Crippen LogP contribution in [0, 0.1) is 11.8 Å². The van der Waals surface area contributed by atoms with E-state index in [-0.39, 0.29) is 24.8 Å². The normalized spacial score (nSPS) is 23.1. The van der Waals surface area contributed by atoms with Crippen LogP contribution in [0.1, 0.15) is 25.7 Å². The molecule has 0 bridgehead atoms. The quantitative estimate of drug-likeness (QED) is 0.685. The molecule has 2 rings (SSSR count). The maximum atomic E-state index is 5.81. The lowest BCUT2D eigenvalue weighted by Crippen LogP contribution is -2.41. The van der Waals surface area contributed by atoms with Crippen LogP contribution in [0.4, 0.5) is 0 Å². The second-order valence-electron chi connectivity index (χ2n) is 5.74. The van der Waals surface area contributed by atoms with Crippen molar-refractivity contribution in [3.05, 3.63) is 0 Å². The van der Waals surface area contributed by atoms with Crippen LogP contribution in [-0.2, 0) is 0 Å². The number of alkyl halides is 2. The second-order valence-corrected chi connectivity index (χ2v) is 6.49. The maximum absolute atomic E-state index is 5.81. The molecule has 0 aromatic heterocycles. The molecular weight excluding hydrogens is 338 g/mol. The smallest absolute Gasteiger partial charge is 0.0351 e. The van der Waals surface area contributed by atoms with Crippen LogP contribution in [0.25, 0.3) is 0 Å². The van der Waals surface area contributed by atoms with E-state index in [4.69, 9.17) is 23.2 Å². The van der Waals surface area contributed by atoms with E-state index in [2.05, 4.69) is 9.80 Å². The fourth-order valence-electron chi connectivity index (χ4n) is 3.53. The van der Waals surface area contributed by atoms with Crippen molar-refractivity contribution in [3.8, 4) is 0 Å². The zero-order chi connectivity index (χ0) is 12.8. The Bertz CT molecular complexity index is 203.